The minimum absolute atomic E-state index is 0.529. The highest BCUT2D eigenvalue weighted by atomic mass is 35.5. The third-order valence-electron chi connectivity index (χ3n) is 2.95. The molecule has 1 aromatic carbocycles. The Morgan fingerprint density at radius 1 is 1.44 bits per heavy atom. The van der Waals surface area contributed by atoms with Crippen molar-refractivity contribution in [1.82, 2.24) is 0 Å². The van der Waals surface area contributed by atoms with Crippen molar-refractivity contribution in [2.75, 3.05) is 18.5 Å². The molecule has 0 aliphatic carbocycles. The van der Waals surface area contributed by atoms with Crippen LogP contribution in [0.15, 0.2) is 18.2 Å². The van der Waals surface area contributed by atoms with Gasteiger partial charge in [0.15, 0.2) is 0 Å². The van der Waals surface area contributed by atoms with Gasteiger partial charge in [0.1, 0.15) is 0 Å². The highest BCUT2D eigenvalue weighted by Gasteiger charge is 2.12. The van der Waals surface area contributed by atoms with Crippen molar-refractivity contribution in [3.63, 3.8) is 0 Å². The second-order valence-corrected chi connectivity index (χ2v) is 4.75. The zero-order valence-electron chi connectivity index (χ0n) is 10.3. The smallest absolute Gasteiger partial charge is 0.0642 e. The number of hydrogen-bond acceptors (Lipinski definition) is 2. The molecule has 0 saturated heterocycles. The Morgan fingerprint density at radius 2 is 2.12 bits per heavy atom. The Hall–Kier alpha value is -0.730. The van der Waals surface area contributed by atoms with E-state index in [-0.39, 0.29) is 0 Å². The lowest BCUT2D eigenvalue weighted by Gasteiger charge is -2.26. The zero-order chi connectivity index (χ0) is 12.1. The van der Waals surface area contributed by atoms with Crippen LogP contribution in [0.2, 0.25) is 5.02 Å². The lowest BCUT2D eigenvalue weighted by Crippen LogP contribution is -2.25. The van der Waals surface area contributed by atoms with Gasteiger partial charge < -0.3 is 10.6 Å². The molecule has 0 bridgehead atoms. The van der Waals surface area contributed by atoms with Crippen LogP contribution in [-0.2, 0) is 6.54 Å². The summed E-state index contributed by atoms with van der Waals surface area (Å²) in [6.45, 7) is 5.98. The standard InChI is InChI=1S/C13H21ClN2/c1-4-10(2)9-16(3)13-11(8-15)6-5-7-12(13)14/h5-7,10H,4,8-9,15H2,1-3H3. The summed E-state index contributed by atoms with van der Waals surface area (Å²) in [5.41, 5.74) is 7.92. The summed E-state index contributed by atoms with van der Waals surface area (Å²) in [5, 5.41) is 0.786. The number of benzene rings is 1. The minimum atomic E-state index is 0.529. The topological polar surface area (TPSA) is 29.3 Å². The third-order valence-corrected chi connectivity index (χ3v) is 3.26. The number of halogens is 1. The van der Waals surface area contributed by atoms with Crippen LogP contribution in [0.5, 0.6) is 0 Å². The van der Waals surface area contributed by atoms with Gasteiger partial charge in [0.2, 0.25) is 0 Å². The molecule has 2 nitrogen and oxygen atoms in total. The SMILES string of the molecule is CCC(C)CN(C)c1c(Cl)cccc1CN. The maximum absolute atomic E-state index is 6.23. The molecular formula is C13H21ClN2. The van der Waals surface area contributed by atoms with E-state index in [1.165, 1.54) is 6.42 Å². The second-order valence-electron chi connectivity index (χ2n) is 4.35. The van der Waals surface area contributed by atoms with Crippen molar-refractivity contribution in [2.45, 2.75) is 26.8 Å². The zero-order valence-corrected chi connectivity index (χ0v) is 11.1. The first kappa shape index (κ1) is 13.3. The molecule has 0 aliphatic heterocycles. The normalized spacial score (nSPS) is 12.6. The van der Waals surface area contributed by atoms with Crippen LogP contribution in [0.4, 0.5) is 5.69 Å². The van der Waals surface area contributed by atoms with E-state index >= 15 is 0 Å². The molecule has 0 aliphatic rings. The van der Waals surface area contributed by atoms with Crippen molar-refractivity contribution in [3.8, 4) is 0 Å². The van der Waals surface area contributed by atoms with Crippen molar-refractivity contribution in [1.29, 1.82) is 0 Å². The molecule has 1 rings (SSSR count). The van der Waals surface area contributed by atoms with Crippen LogP contribution < -0.4 is 10.6 Å². The van der Waals surface area contributed by atoms with Crippen LogP contribution in [0.3, 0.4) is 0 Å². The van der Waals surface area contributed by atoms with Crippen LogP contribution in [-0.4, -0.2) is 13.6 Å². The molecule has 0 amide bonds. The highest BCUT2D eigenvalue weighted by molar-refractivity contribution is 6.33. The second kappa shape index (κ2) is 6.12. The van der Waals surface area contributed by atoms with E-state index < -0.39 is 0 Å². The number of para-hydroxylation sites is 1. The van der Waals surface area contributed by atoms with Gasteiger partial charge in [-0.1, -0.05) is 44.0 Å². The van der Waals surface area contributed by atoms with Crippen LogP contribution in [0.25, 0.3) is 0 Å². The largest absolute Gasteiger partial charge is 0.373 e. The number of nitrogens with zero attached hydrogens (tertiary/aromatic N) is 1. The summed E-state index contributed by atoms with van der Waals surface area (Å²) in [4.78, 5) is 2.21. The first-order valence-corrected chi connectivity index (χ1v) is 6.16. The molecule has 3 heteroatoms. The summed E-state index contributed by atoms with van der Waals surface area (Å²) in [6.07, 6.45) is 1.17. The molecule has 16 heavy (non-hydrogen) atoms. The fourth-order valence-corrected chi connectivity index (χ4v) is 2.18. The Bertz CT molecular complexity index is 339. The van der Waals surface area contributed by atoms with E-state index in [1.54, 1.807) is 0 Å². The molecular weight excluding hydrogens is 220 g/mol. The third kappa shape index (κ3) is 3.13. The number of hydrogen-bond donors (Lipinski definition) is 1. The van der Waals surface area contributed by atoms with Gasteiger partial charge in [-0.05, 0) is 17.5 Å². The summed E-state index contributed by atoms with van der Waals surface area (Å²) in [6, 6.07) is 5.91. The maximum atomic E-state index is 6.23. The maximum Gasteiger partial charge on any atom is 0.0642 e. The Morgan fingerprint density at radius 3 is 2.69 bits per heavy atom. The Kier molecular flexibility index (Phi) is 5.10. The monoisotopic (exact) mass is 240 g/mol. The van der Waals surface area contributed by atoms with Gasteiger partial charge in [-0.3, -0.25) is 0 Å². The molecule has 1 aromatic rings. The number of nitrogens with two attached hydrogens (primary N) is 1. The van der Waals surface area contributed by atoms with E-state index in [1.807, 2.05) is 18.2 Å². The molecule has 2 N–H and O–H groups in total. The fourth-order valence-electron chi connectivity index (χ4n) is 1.84. The first-order chi connectivity index (χ1) is 7.60. The van der Waals surface area contributed by atoms with Crippen molar-refractivity contribution >= 4 is 17.3 Å². The van der Waals surface area contributed by atoms with Gasteiger partial charge in [0, 0.05) is 20.1 Å². The van der Waals surface area contributed by atoms with Crippen molar-refractivity contribution in [2.24, 2.45) is 11.7 Å². The number of anilines is 1. The Balaban J connectivity index is 2.93. The summed E-state index contributed by atoms with van der Waals surface area (Å²) < 4.78 is 0. The van der Waals surface area contributed by atoms with E-state index in [4.69, 9.17) is 17.3 Å². The summed E-state index contributed by atoms with van der Waals surface area (Å²) in [7, 11) is 2.08. The lowest BCUT2D eigenvalue weighted by molar-refractivity contribution is 0.559. The van der Waals surface area contributed by atoms with E-state index in [0.717, 1.165) is 22.8 Å². The Labute approximate surface area is 103 Å². The van der Waals surface area contributed by atoms with E-state index in [2.05, 4.69) is 25.8 Å². The average molecular weight is 241 g/mol. The quantitative estimate of drug-likeness (QED) is 0.856. The molecule has 0 spiro atoms. The molecule has 0 saturated carbocycles. The van der Waals surface area contributed by atoms with Gasteiger partial charge in [0.25, 0.3) is 0 Å². The van der Waals surface area contributed by atoms with Crippen molar-refractivity contribution in [3.05, 3.63) is 28.8 Å². The van der Waals surface area contributed by atoms with Gasteiger partial charge in [-0.2, -0.15) is 0 Å². The van der Waals surface area contributed by atoms with Crippen LogP contribution in [0, 0.1) is 5.92 Å². The molecule has 90 valence electrons. The summed E-state index contributed by atoms with van der Waals surface area (Å²) >= 11 is 6.23. The molecule has 0 fully saturated rings. The average Bonchev–Trinajstić information content (AvgIpc) is 2.28. The number of rotatable bonds is 5. The highest BCUT2D eigenvalue weighted by Crippen LogP contribution is 2.29. The van der Waals surface area contributed by atoms with Gasteiger partial charge in [-0.15, -0.1) is 0 Å². The first-order valence-electron chi connectivity index (χ1n) is 5.78. The van der Waals surface area contributed by atoms with E-state index in [0.29, 0.717) is 12.5 Å². The molecule has 0 radical (unpaired) electrons. The van der Waals surface area contributed by atoms with Gasteiger partial charge >= 0.3 is 0 Å². The predicted molar refractivity (Wildman–Crippen MR) is 72.1 cm³/mol. The van der Waals surface area contributed by atoms with Gasteiger partial charge in [0.05, 0.1) is 10.7 Å². The molecule has 1 unspecified atom stereocenters. The van der Waals surface area contributed by atoms with Gasteiger partial charge in [-0.25, -0.2) is 0 Å². The van der Waals surface area contributed by atoms with Crippen LogP contribution in [0.1, 0.15) is 25.8 Å². The summed E-state index contributed by atoms with van der Waals surface area (Å²) in [5.74, 6) is 0.659. The molecule has 1 atom stereocenters. The van der Waals surface area contributed by atoms with Crippen LogP contribution >= 0.6 is 11.6 Å². The molecule has 0 aromatic heterocycles. The minimum Gasteiger partial charge on any atom is -0.373 e. The van der Waals surface area contributed by atoms with E-state index in [9.17, 15) is 0 Å². The van der Waals surface area contributed by atoms with Crippen molar-refractivity contribution < 1.29 is 0 Å². The predicted octanol–water partition coefficient (Wildman–Crippen LogP) is 3.28. The lowest BCUT2D eigenvalue weighted by atomic mass is 10.1. The molecule has 0 heterocycles. The fraction of sp³-hybridized carbons (Fsp3) is 0.538.